The Balaban J connectivity index is 0.000000426. The number of likely N-dealkylation sites (tertiary alicyclic amines) is 1. The number of likely N-dealkylation sites (N-methyl/N-ethyl adjacent to an activating group) is 1. The van der Waals surface area contributed by atoms with Gasteiger partial charge in [-0.3, -0.25) is 14.6 Å². The van der Waals surface area contributed by atoms with Crippen molar-refractivity contribution in [3.05, 3.63) is 35.6 Å². The number of β-amino-alcohol motifs (C(OH)–C–C–N with tert-alkyl or cyclic N) is 1. The Kier molecular flexibility index (Phi) is 11.9. The molecule has 1 aromatic carbocycles. The minimum Gasteiger partial charge on any atom is -0.475 e. The highest BCUT2D eigenvalue weighted by atomic mass is 19.4. The number of hydrogen-bond acceptors (Lipinski definition) is 6. The largest absolute Gasteiger partial charge is 0.490 e. The fourth-order valence-electron chi connectivity index (χ4n) is 3.90. The molecule has 0 aromatic heterocycles. The molecule has 0 saturated carbocycles. The number of hydrogen-bond donors (Lipinski definition) is 3. The zero-order chi connectivity index (χ0) is 29.3. The Bertz CT molecular complexity index is 909. The molecule has 0 aliphatic carbocycles. The van der Waals surface area contributed by atoms with Crippen LogP contribution in [0.2, 0.25) is 0 Å². The Hall–Kier alpha value is -2.98. The lowest BCUT2D eigenvalue weighted by Gasteiger charge is -2.51. The maximum Gasteiger partial charge on any atom is 0.490 e. The van der Waals surface area contributed by atoms with Gasteiger partial charge in [-0.1, -0.05) is 12.1 Å². The van der Waals surface area contributed by atoms with E-state index in [-0.39, 0.29) is 18.3 Å². The summed E-state index contributed by atoms with van der Waals surface area (Å²) in [5.74, 6) is -5.57. The second-order valence-electron chi connectivity index (χ2n) is 8.48. The molecule has 0 atom stereocenters. The number of rotatable bonds is 4. The topological polar surface area (TPSA) is 122 Å². The van der Waals surface area contributed by atoms with Gasteiger partial charge in [0.1, 0.15) is 11.4 Å². The average Bonchev–Trinajstić information content (AvgIpc) is 2.82. The van der Waals surface area contributed by atoms with Gasteiger partial charge in [0, 0.05) is 39.3 Å². The molecule has 2 fully saturated rings. The van der Waals surface area contributed by atoms with Gasteiger partial charge in [-0.15, -0.1) is 0 Å². The van der Waals surface area contributed by atoms with Crippen LogP contribution in [0.15, 0.2) is 24.3 Å². The number of aliphatic carboxylic acids is 2. The van der Waals surface area contributed by atoms with Crippen LogP contribution in [0.1, 0.15) is 18.4 Å². The second-order valence-corrected chi connectivity index (χ2v) is 8.48. The van der Waals surface area contributed by atoms with Gasteiger partial charge in [0.05, 0.1) is 6.61 Å². The molecule has 2 aliphatic heterocycles. The summed E-state index contributed by atoms with van der Waals surface area (Å²) in [5.41, 5.74) is 0.671. The SMILES string of the molecule is CN1CCN(CCO)C(=O)C12CCN(Cc1ccc(F)cc1)CC2.O=C(O)C(F)(F)F.O=C(O)C(F)(F)F. The summed E-state index contributed by atoms with van der Waals surface area (Å²) in [5, 5.41) is 23.4. The molecule has 0 bridgehead atoms. The van der Waals surface area contributed by atoms with Gasteiger partial charge in [0.25, 0.3) is 0 Å². The highest BCUT2D eigenvalue weighted by molar-refractivity contribution is 5.87. The smallest absolute Gasteiger partial charge is 0.475 e. The normalized spacial score (nSPS) is 18.2. The van der Waals surface area contributed by atoms with E-state index in [4.69, 9.17) is 19.8 Å². The van der Waals surface area contributed by atoms with Gasteiger partial charge in [-0.2, -0.15) is 26.3 Å². The highest BCUT2D eigenvalue weighted by Crippen LogP contribution is 2.33. The van der Waals surface area contributed by atoms with Crippen molar-refractivity contribution in [1.82, 2.24) is 14.7 Å². The molecule has 1 aromatic rings. The van der Waals surface area contributed by atoms with Crippen LogP contribution in [0.5, 0.6) is 0 Å². The van der Waals surface area contributed by atoms with Crippen LogP contribution in [-0.4, -0.2) is 112 Å². The van der Waals surface area contributed by atoms with Gasteiger partial charge >= 0.3 is 24.3 Å². The Morgan fingerprint density at radius 1 is 0.895 bits per heavy atom. The van der Waals surface area contributed by atoms with Gasteiger partial charge in [0.15, 0.2) is 0 Å². The zero-order valence-corrected chi connectivity index (χ0v) is 20.2. The van der Waals surface area contributed by atoms with E-state index >= 15 is 0 Å². The van der Waals surface area contributed by atoms with Crippen LogP contribution in [-0.2, 0) is 20.9 Å². The molecule has 1 amide bonds. The number of amides is 1. The van der Waals surface area contributed by atoms with Crippen LogP contribution in [0, 0.1) is 5.82 Å². The van der Waals surface area contributed by atoms with Crippen LogP contribution >= 0.6 is 0 Å². The molecule has 2 saturated heterocycles. The van der Waals surface area contributed by atoms with Crippen molar-refractivity contribution in [1.29, 1.82) is 0 Å². The summed E-state index contributed by atoms with van der Waals surface area (Å²) in [6, 6.07) is 6.62. The van der Waals surface area contributed by atoms with E-state index in [2.05, 4.69) is 9.80 Å². The van der Waals surface area contributed by atoms with Gasteiger partial charge < -0.3 is 20.2 Å². The second kappa shape index (κ2) is 13.7. The lowest BCUT2D eigenvalue weighted by Crippen LogP contribution is -2.67. The van der Waals surface area contributed by atoms with E-state index in [0.717, 1.165) is 44.6 Å². The first-order valence-electron chi connectivity index (χ1n) is 11.1. The fraction of sp³-hybridized carbons (Fsp3) is 0.591. The first kappa shape index (κ1) is 33.0. The van der Waals surface area contributed by atoms with Gasteiger partial charge in [-0.25, -0.2) is 14.0 Å². The summed E-state index contributed by atoms with van der Waals surface area (Å²) >= 11 is 0. The lowest BCUT2D eigenvalue weighted by molar-refractivity contribution is -0.193. The molecule has 1 spiro atoms. The third-order valence-electron chi connectivity index (χ3n) is 5.98. The summed E-state index contributed by atoms with van der Waals surface area (Å²) in [4.78, 5) is 37.0. The maximum atomic E-state index is 13.0. The molecule has 2 aliphatic rings. The van der Waals surface area contributed by atoms with Crippen molar-refractivity contribution >= 4 is 17.8 Å². The summed E-state index contributed by atoms with van der Waals surface area (Å²) in [7, 11) is 2.03. The van der Waals surface area contributed by atoms with E-state index < -0.39 is 29.8 Å². The molecule has 216 valence electrons. The number of carboxylic acid groups (broad SMARTS) is 2. The Morgan fingerprint density at radius 2 is 1.34 bits per heavy atom. The Labute approximate surface area is 213 Å². The minimum atomic E-state index is -5.08. The molecule has 3 rings (SSSR count). The van der Waals surface area contributed by atoms with E-state index in [1.807, 2.05) is 19.2 Å². The molecule has 9 nitrogen and oxygen atoms in total. The van der Waals surface area contributed by atoms with Gasteiger partial charge in [-0.05, 0) is 37.6 Å². The number of aliphatic hydroxyl groups is 1. The number of carbonyl (C=O) groups is 3. The standard InChI is InChI=1S/C18H26FN3O2.2C2HF3O2/c1-20-10-11-22(12-13-23)17(24)18(20)6-8-21(9-7-18)14-15-2-4-16(19)5-3-15;2*3-2(4,5)1(6)7/h2-5,23H,6-14H2,1H3;2*(H,6,7). The summed E-state index contributed by atoms with van der Waals surface area (Å²) in [6.45, 7) is 4.46. The number of aliphatic hydroxyl groups excluding tert-OH is 1. The van der Waals surface area contributed by atoms with E-state index in [9.17, 15) is 40.6 Å². The monoisotopic (exact) mass is 563 g/mol. The lowest BCUT2D eigenvalue weighted by atomic mass is 9.82. The Morgan fingerprint density at radius 3 is 1.74 bits per heavy atom. The highest BCUT2D eigenvalue weighted by Gasteiger charge is 2.49. The van der Waals surface area contributed by atoms with E-state index in [1.54, 1.807) is 4.90 Å². The molecule has 0 radical (unpaired) electrons. The summed E-state index contributed by atoms with van der Waals surface area (Å²) < 4.78 is 76.5. The number of carboxylic acids is 2. The number of carbonyl (C=O) groups excluding carboxylic acids is 1. The van der Waals surface area contributed by atoms with E-state index in [0.29, 0.717) is 13.1 Å². The molecular formula is C22H28F7N3O6. The van der Waals surface area contributed by atoms with Crippen molar-refractivity contribution in [2.75, 3.05) is 46.4 Å². The van der Waals surface area contributed by atoms with Crippen LogP contribution in [0.25, 0.3) is 0 Å². The van der Waals surface area contributed by atoms with E-state index in [1.165, 1.54) is 12.1 Å². The number of alkyl halides is 6. The van der Waals surface area contributed by atoms with Crippen molar-refractivity contribution in [3.8, 4) is 0 Å². The minimum absolute atomic E-state index is 0.0161. The van der Waals surface area contributed by atoms with Gasteiger partial charge in [0.2, 0.25) is 5.91 Å². The number of piperidine rings is 1. The van der Waals surface area contributed by atoms with Crippen molar-refractivity contribution in [3.63, 3.8) is 0 Å². The van der Waals surface area contributed by atoms with Crippen LogP contribution in [0.4, 0.5) is 30.7 Å². The molecule has 3 N–H and O–H groups in total. The maximum absolute atomic E-state index is 13.0. The predicted octanol–water partition coefficient (Wildman–Crippen LogP) is 2.19. The molecule has 38 heavy (non-hydrogen) atoms. The fourth-order valence-corrected chi connectivity index (χ4v) is 3.90. The number of piperazine rings is 1. The number of halogens is 7. The number of nitrogens with zero attached hydrogens (tertiary/aromatic N) is 3. The first-order valence-corrected chi connectivity index (χ1v) is 11.1. The van der Waals surface area contributed by atoms with Crippen LogP contribution < -0.4 is 0 Å². The molecule has 2 heterocycles. The van der Waals surface area contributed by atoms with Crippen LogP contribution in [0.3, 0.4) is 0 Å². The van der Waals surface area contributed by atoms with Crippen molar-refractivity contribution < 1.29 is 60.4 Å². The average molecular weight is 563 g/mol. The molecule has 0 unspecified atom stereocenters. The van der Waals surface area contributed by atoms with Crippen molar-refractivity contribution in [2.24, 2.45) is 0 Å². The first-order chi connectivity index (χ1) is 17.4. The van der Waals surface area contributed by atoms with Crippen molar-refractivity contribution in [2.45, 2.75) is 37.3 Å². The third kappa shape index (κ3) is 9.72. The quantitative estimate of drug-likeness (QED) is 0.477. The predicted molar refractivity (Wildman–Crippen MR) is 117 cm³/mol. The third-order valence-corrected chi connectivity index (χ3v) is 5.98. The molecular weight excluding hydrogens is 535 g/mol. The zero-order valence-electron chi connectivity index (χ0n) is 20.2. The molecule has 16 heteroatoms. The number of benzene rings is 1. The summed E-state index contributed by atoms with van der Waals surface area (Å²) in [6.07, 6.45) is -8.57.